The van der Waals surface area contributed by atoms with Gasteiger partial charge in [-0.15, -0.1) is 0 Å². The molecule has 110 valence electrons. The molecule has 0 aromatic heterocycles. The molecule has 1 N–H and O–H groups in total. The van der Waals surface area contributed by atoms with E-state index >= 15 is 0 Å². The van der Waals surface area contributed by atoms with Crippen LogP contribution in [0, 0.1) is 17.8 Å². The lowest BCUT2D eigenvalue weighted by molar-refractivity contribution is 0.162. The Hall–Kier alpha value is -1.02. The lowest BCUT2D eigenvalue weighted by Crippen LogP contribution is -2.32. The molecule has 1 aliphatic carbocycles. The highest BCUT2D eigenvalue weighted by atomic mass is 16.5. The number of para-hydroxylation sites is 1. The SMILES string of the molecule is CNCC1CCC(C)CC1CC1COc2ccccc21. The van der Waals surface area contributed by atoms with Gasteiger partial charge >= 0.3 is 0 Å². The van der Waals surface area contributed by atoms with Crippen molar-refractivity contribution in [3.8, 4) is 5.75 Å². The average Bonchev–Trinajstić information content (AvgIpc) is 2.86. The van der Waals surface area contributed by atoms with E-state index in [2.05, 4.69) is 43.6 Å². The topological polar surface area (TPSA) is 21.3 Å². The molecule has 1 aromatic rings. The van der Waals surface area contributed by atoms with Crippen LogP contribution in [0.25, 0.3) is 0 Å². The van der Waals surface area contributed by atoms with Gasteiger partial charge in [0, 0.05) is 11.5 Å². The molecule has 1 aliphatic heterocycles. The number of hydrogen-bond acceptors (Lipinski definition) is 2. The van der Waals surface area contributed by atoms with Crippen molar-refractivity contribution in [2.75, 3.05) is 20.2 Å². The Labute approximate surface area is 122 Å². The molecule has 0 amide bonds. The van der Waals surface area contributed by atoms with Crippen molar-refractivity contribution in [1.82, 2.24) is 5.32 Å². The average molecular weight is 273 g/mol. The third-order valence-electron chi connectivity index (χ3n) is 5.25. The van der Waals surface area contributed by atoms with Gasteiger partial charge in [-0.1, -0.05) is 31.5 Å². The van der Waals surface area contributed by atoms with Crippen LogP contribution >= 0.6 is 0 Å². The fraction of sp³-hybridized carbons (Fsp3) is 0.667. The Morgan fingerprint density at radius 3 is 2.90 bits per heavy atom. The number of benzene rings is 1. The highest BCUT2D eigenvalue weighted by Gasteiger charge is 2.33. The molecular weight excluding hydrogens is 246 g/mol. The zero-order chi connectivity index (χ0) is 13.9. The van der Waals surface area contributed by atoms with Gasteiger partial charge < -0.3 is 10.1 Å². The molecular formula is C18H27NO. The quantitative estimate of drug-likeness (QED) is 0.900. The lowest BCUT2D eigenvalue weighted by atomic mass is 9.70. The maximum Gasteiger partial charge on any atom is 0.122 e. The van der Waals surface area contributed by atoms with Gasteiger partial charge in [0.1, 0.15) is 5.75 Å². The molecule has 0 bridgehead atoms. The third kappa shape index (κ3) is 2.85. The maximum atomic E-state index is 5.86. The van der Waals surface area contributed by atoms with Gasteiger partial charge in [-0.25, -0.2) is 0 Å². The molecule has 0 radical (unpaired) electrons. The molecule has 2 aliphatic rings. The number of nitrogens with one attached hydrogen (secondary N) is 1. The van der Waals surface area contributed by atoms with Crippen LogP contribution in [0.1, 0.15) is 44.1 Å². The third-order valence-corrected chi connectivity index (χ3v) is 5.25. The van der Waals surface area contributed by atoms with E-state index in [-0.39, 0.29) is 0 Å². The molecule has 1 heterocycles. The predicted molar refractivity (Wildman–Crippen MR) is 83.2 cm³/mol. The van der Waals surface area contributed by atoms with Crippen LogP contribution in [0.15, 0.2) is 24.3 Å². The smallest absolute Gasteiger partial charge is 0.122 e. The van der Waals surface area contributed by atoms with Crippen LogP contribution in [-0.2, 0) is 0 Å². The Morgan fingerprint density at radius 2 is 2.05 bits per heavy atom. The fourth-order valence-electron chi connectivity index (χ4n) is 4.17. The molecule has 2 heteroatoms. The van der Waals surface area contributed by atoms with Gasteiger partial charge in [-0.2, -0.15) is 0 Å². The van der Waals surface area contributed by atoms with E-state index in [0.29, 0.717) is 5.92 Å². The molecule has 4 atom stereocenters. The normalized spacial score (nSPS) is 32.7. The van der Waals surface area contributed by atoms with Crippen molar-refractivity contribution in [2.45, 2.75) is 38.5 Å². The number of hydrogen-bond donors (Lipinski definition) is 1. The minimum atomic E-state index is 0.612. The molecule has 1 saturated carbocycles. The lowest BCUT2D eigenvalue weighted by Gasteiger charge is -2.36. The molecule has 0 saturated heterocycles. The van der Waals surface area contributed by atoms with E-state index < -0.39 is 0 Å². The highest BCUT2D eigenvalue weighted by molar-refractivity contribution is 5.39. The van der Waals surface area contributed by atoms with Gasteiger partial charge in [0.15, 0.2) is 0 Å². The van der Waals surface area contributed by atoms with Gasteiger partial charge in [-0.05, 0) is 56.7 Å². The first-order valence-corrected chi connectivity index (χ1v) is 8.14. The Balaban J connectivity index is 1.69. The van der Waals surface area contributed by atoms with E-state index in [9.17, 15) is 0 Å². The monoisotopic (exact) mass is 273 g/mol. The van der Waals surface area contributed by atoms with Crippen molar-refractivity contribution >= 4 is 0 Å². The summed E-state index contributed by atoms with van der Waals surface area (Å²) in [5, 5.41) is 3.40. The van der Waals surface area contributed by atoms with E-state index in [4.69, 9.17) is 4.74 Å². The summed E-state index contributed by atoms with van der Waals surface area (Å²) in [7, 11) is 2.09. The first-order chi connectivity index (χ1) is 9.78. The molecule has 1 fully saturated rings. The first kappa shape index (κ1) is 13.9. The minimum Gasteiger partial charge on any atom is -0.493 e. The summed E-state index contributed by atoms with van der Waals surface area (Å²) in [6.45, 7) is 4.48. The zero-order valence-electron chi connectivity index (χ0n) is 12.8. The van der Waals surface area contributed by atoms with Crippen molar-refractivity contribution in [2.24, 2.45) is 17.8 Å². The van der Waals surface area contributed by atoms with Crippen LogP contribution in [0.5, 0.6) is 5.75 Å². The Bertz CT molecular complexity index is 445. The maximum absolute atomic E-state index is 5.86. The van der Waals surface area contributed by atoms with Crippen molar-refractivity contribution < 1.29 is 4.74 Å². The van der Waals surface area contributed by atoms with E-state index in [1.54, 1.807) is 0 Å². The van der Waals surface area contributed by atoms with Crippen LogP contribution in [0.3, 0.4) is 0 Å². The summed E-state index contributed by atoms with van der Waals surface area (Å²) in [5.74, 6) is 4.33. The molecule has 0 spiro atoms. The summed E-state index contributed by atoms with van der Waals surface area (Å²) >= 11 is 0. The number of ether oxygens (including phenoxy) is 1. The summed E-state index contributed by atoms with van der Waals surface area (Å²) in [4.78, 5) is 0. The molecule has 20 heavy (non-hydrogen) atoms. The van der Waals surface area contributed by atoms with Crippen molar-refractivity contribution in [1.29, 1.82) is 0 Å². The second kappa shape index (κ2) is 6.17. The van der Waals surface area contributed by atoms with Gasteiger partial charge in [0.2, 0.25) is 0 Å². The van der Waals surface area contributed by atoms with Gasteiger partial charge in [0.05, 0.1) is 6.61 Å². The van der Waals surface area contributed by atoms with Crippen molar-refractivity contribution in [3.63, 3.8) is 0 Å². The first-order valence-electron chi connectivity index (χ1n) is 8.14. The summed E-state index contributed by atoms with van der Waals surface area (Å²) in [6, 6.07) is 8.60. The van der Waals surface area contributed by atoms with Gasteiger partial charge in [0.25, 0.3) is 0 Å². The van der Waals surface area contributed by atoms with Crippen LogP contribution in [0.2, 0.25) is 0 Å². The van der Waals surface area contributed by atoms with Crippen LogP contribution in [-0.4, -0.2) is 20.2 Å². The highest BCUT2D eigenvalue weighted by Crippen LogP contribution is 2.43. The van der Waals surface area contributed by atoms with Crippen LogP contribution in [0.4, 0.5) is 0 Å². The van der Waals surface area contributed by atoms with Crippen LogP contribution < -0.4 is 10.1 Å². The molecule has 4 unspecified atom stereocenters. The van der Waals surface area contributed by atoms with E-state index in [0.717, 1.165) is 30.1 Å². The molecule has 2 nitrogen and oxygen atoms in total. The summed E-state index contributed by atoms with van der Waals surface area (Å²) < 4.78 is 5.86. The fourth-order valence-corrected chi connectivity index (χ4v) is 4.17. The second-order valence-electron chi connectivity index (χ2n) is 6.78. The summed E-state index contributed by atoms with van der Waals surface area (Å²) in [5.41, 5.74) is 1.44. The minimum absolute atomic E-state index is 0.612. The second-order valence-corrected chi connectivity index (χ2v) is 6.78. The predicted octanol–water partition coefficient (Wildman–Crippen LogP) is 3.82. The number of fused-ring (bicyclic) bond motifs is 1. The Morgan fingerprint density at radius 1 is 1.20 bits per heavy atom. The standard InChI is InChI=1S/C18H27NO/c1-13-7-8-14(11-19-2)15(9-13)10-16-12-20-18-6-4-3-5-17(16)18/h3-6,13-16,19H,7-12H2,1-2H3. The van der Waals surface area contributed by atoms with Gasteiger partial charge in [-0.3, -0.25) is 0 Å². The van der Waals surface area contributed by atoms with Crippen molar-refractivity contribution in [3.05, 3.63) is 29.8 Å². The largest absolute Gasteiger partial charge is 0.493 e. The summed E-state index contributed by atoms with van der Waals surface area (Å²) in [6.07, 6.45) is 5.49. The zero-order valence-corrected chi connectivity index (χ0v) is 12.8. The van der Waals surface area contributed by atoms with E-state index in [1.807, 2.05) is 0 Å². The molecule has 1 aromatic carbocycles. The Kier molecular flexibility index (Phi) is 4.30. The van der Waals surface area contributed by atoms with E-state index in [1.165, 1.54) is 37.8 Å². The molecule has 3 rings (SSSR count). The number of rotatable bonds is 4.